The van der Waals surface area contributed by atoms with Crippen LogP contribution in [0.2, 0.25) is 0 Å². The number of fused-ring (bicyclic) bond motifs is 1. The second-order valence-electron chi connectivity index (χ2n) is 4.48. The zero-order valence-electron chi connectivity index (χ0n) is 11.0. The summed E-state index contributed by atoms with van der Waals surface area (Å²) in [7, 11) is 0. The van der Waals surface area contributed by atoms with Crippen molar-refractivity contribution in [2.75, 3.05) is 5.73 Å². The largest absolute Gasteiger partial charge is 0.397 e. The molecule has 21 heavy (non-hydrogen) atoms. The van der Waals surface area contributed by atoms with E-state index in [1.807, 2.05) is 36.4 Å². The van der Waals surface area contributed by atoms with Crippen molar-refractivity contribution in [3.63, 3.8) is 0 Å². The Morgan fingerprint density at radius 3 is 2.86 bits per heavy atom. The van der Waals surface area contributed by atoms with Crippen LogP contribution in [-0.2, 0) is 6.54 Å². The van der Waals surface area contributed by atoms with Gasteiger partial charge in [0.2, 0.25) is 0 Å². The number of hydrogen-bond donors (Lipinski definition) is 2. The predicted octanol–water partition coefficient (Wildman–Crippen LogP) is 3.57. The van der Waals surface area contributed by atoms with E-state index < -0.39 is 0 Å². The van der Waals surface area contributed by atoms with Crippen LogP contribution in [0, 0.1) is 0 Å². The average Bonchev–Trinajstić information content (AvgIpc) is 2.84. The van der Waals surface area contributed by atoms with Crippen molar-refractivity contribution in [3.8, 4) is 0 Å². The number of anilines is 1. The van der Waals surface area contributed by atoms with Gasteiger partial charge in [0, 0.05) is 22.6 Å². The molecule has 0 aliphatic rings. The number of aromatic nitrogens is 1. The van der Waals surface area contributed by atoms with E-state index in [2.05, 4.69) is 26.2 Å². The molecule has 106 valence electrons. The van der Waals surface area contributed by atoms with Crippen LogP contribution < -0.4 is 11.1 Å². The van der Waals surface area contributed by atoms with Crippen LogP contribution in [0.25, 0.3) is 10.2 Å². The van der Waals surface area contributed by atoms with E-state index in [4.69, 9.17) is 5.73 Å². The van der Waals surface area contributed by atoms with E-state index >= 15 is 0 Å². The topological polar surface area (TPSA) is 68.0 Å². The van der Waals surface area contributed by atoms with Crippen LogP contribution in [-0.4, -0.2) is 10.9 Å². The van der Waals surface area contributed by atoms with Crippen LogP contribution in [0.3, 0.4) is 0 Å². The fourth-order valence-corrected chi connectivity index (χ4v) is 3.42. The lowest BCUT2D eigenvalue weighted by molar-refractivity contribution is 0.0956. The summed E-state index contributed by atoms with van der Waals surface area (Å²) in [6, 6.07) is 11.5. The molecule has 0 spiro atoms. The Labute approximate surface area is 134 Å². The monoisotopic (exact) mass is 361 g/mol. The summed E-state index contributed by atoms with van der Waals surface area (Å²) < 4.78 is 0.969. The molecule has 0 unspecified atom stereocenters. The van der Waals surface area contributed by atoms with E-state index in [0.717, 1.165) is 20.3 Å². The van der Waals surface area contributed by atoms with Gasteiger partial charge in [-0.15, -0.1) is 11.3 Å². The molecule has 2 heterocycles. The number of nitrogens with two attached hydrogens (primary N) is 1. The van der Waals surface area contributed by atoms with Crippen molar-refractivity contribution in [1.29, 1.82) is 0 Å². The molecule has 1 aromatic carbocycles. The van der Waals surface area contributed by atoms with Gasteiger partial charge in [-0.1, -0.05) is 34.1 Å². The average molecular weight is 362 g/mol. The molecule has 0 saturated heterocycles. The van der Waals surface area contributed by atoms with Crippen LogP contribution in [0.4, 0.5) is 5.69 Å². The minimum Gasteiger partial charge on any atom is -0.397 e. The normalized spacial score (nSPS) is 10.7. The number of amides is 1. The van der Waals surface area contributed by atoms with E-state index in [-0.39, 0.29) is 5.91 Å². The van der Waals surface area contributed by atoms with Crippen molar-refractivity contribution >= 4 is 49.1 Å². The Kier molecular flexibility index (Phi) is 3.90. The van der Waals surface area contributed by atoms with Gasteiger partial charge in [0.15, 0.2) is 0 Å². The molecule has 0 radical (unpaired) electrons. The highest BCUT2D eigenvalue weighted by molar-refractivity contribution is 9.10. The number of rotatable bonds is 3. The molecule has 0 aliphatic heterocycles. The Balaban J connectivity index is 1.81. The van der Waals surface area contributed by atoms with Gasteiger partial charge in [-0.05, 0) is 23.8 Å². The second kappa shape index (κ2) is 5.83. The Bertz CT molecular complexity index is 816. The number of halogens is 1. The number of pyridine rings is 1. The van der Waals surface area contributed by atoms with E-state index in [1.54, 1.807) is 6.20 Å². The molecule has 0 saturated carbocycles. The molecule has 3 N–H and O–H groups in total. The SMILES string of the molecule is Nc1c(C(=O)NCc2ccccc2Br)sc2ncccc12. The Morgan fingerprint density at radius 1 is 1.29 bits per heavy atom. The molecule has 0 bridgehead atoms. The number of thiophene rings is 1. The number of nitrogens with one attached hydrogen (secondary N) is 1. The molecule has 4 nitrogen and oxygen atoms in total. The van der Waals surface area contributed by atoms with Gasteiger partial charge in [0.1, 0.15) is 9.71 Å². The first-order chi connectivity index (χ1) is 10.2. The van der Waals surface area contributed by atoms with Gasteiger partial charge in [-0.2, -0.15) is 0 Å². The van der Waals surface area contributed by atoms with E-state index in [0.29, 0.717) is 17.1 Å². The molecule has 0 fully saturated rings. The zero-order chi connectivity index (χ0) is 14.8. The summed E-state index contributed by atoms with van der Waals surface area (Å²) >= 11 is 4.77. The van der Waals surface area contributed by atoms with Crippen molar-refractivity contribution in [2.45, 2.75) is 6.54 Å². The molecule has 0 atom stereocenters. The zero-order valence-corrected chi connectivity index (χ0v) is 13.4. The number of carbonyl (C=O) groups is 1. The number of benzene rings is 1. The molecule has 1 amide bonds. The maximum Gasteiger partial charge on any atom is 0.263 e. The highest BCUT2D eigenvalue weighted by Crippen LogP contribution is 2.31. The number of hydrogen-bond acceptors (Lipinski definition) is 4. The van der Waals surface area contributed by atoms with Crippen molar-refractivity contribution in [2.24, 2.45) is 0 Å². The standard InChI is InChI=1S/C15H12BrN3OS/c16-11-6-2-1-4-9(11)8-19-14(20)13-12(17)10-5-3-7-18-15(10)21-13/h1-7H,8,17H2,(H,19,20). The highest BCUT2D eigenvalue weighted by atomic mass is 79.9. The molecule has 0 aliphatic carbocycles. The first-order valence-electron chi connectivity index (χ1n) is 6.31. The third kappa shape index (κ3) is 2.77. The quantitative estimate of drug-likeness (QED) is 0.749. The lowest BCUT2D eigenvalue weighted by Crippen LogP contribution is -2.22. The molecule has 6 heteroatoms. The van der Waals surface area contributed by atoms with Crippen LogP contribution in [0.15, 0.2) is 47.1 Å². The first kappa shape index (κ1) is 14.0. The molecule has 3 rings (SSSR count). The van der Waals surface area contributed by atoms with Crippen molar-refractivity contribution in [3.05, 3.63) is 57.5 Å². The number of nitrogens with zero attached hydrogens (tertiary/aromatic N) is 1. The smallest absolute Gasteiger partial charge is 0.263 e. The molecule has 2 aromatic heterocycles. The van der Waals surface area contributed by atoms with Crippen LogP contribution in [0.5, 0.6) is 0 Å². The summed E-state index contributed by atoms with van der Waals surface area (Å²) in [6.45, 7) is 0.446. The third-order valence-corrected chi connectivity index (χ3v) is 5.01. The molecular formula is C15H12BrN3OS. The minimum atomic E-state index is -0.175. The lowest BCUT2D eigenvalue weighted by atomic mass is 10.2. The Morgan fingerprint density at radius 2 is 2.10 bits per heavy atom. The lowest BCUT2D eigenvalue weighted by Gasteiger charge is -2.06. The van der Waals surface area contributed by atoms with Crippen LogP contribution in [0.1, 0.15) is 15.2 Å². The third-order valence-electron chi connectivity index (χ3n) is 3.11. The van der Waals surface area contributed by atoms with Gasteiger partial charge in [0.25, 0.3) is 5.91 Å². The van der Waals surface area contributed by atoms with Gasteiger partial charge < -0.3 is 11.1 Å². The molecule has 3 aromatic rings. The minimum absolute atomic E-state index is 0.175. The summed E-state index contributed by atoms with van der Waals surface area (Å²) in [5.74, 6) is -0.175. The fourth-order valence-electron chi connectivity index (χ4n) is 2.02. The highest BCUT2D eigenvalue weighted by Gasteiger charge is 2.16. The number of carbonyl (C=O) groups excluding carboxylic acids is 1. The van der Waals surface area contributed by atoms with Crippen LogP contribution >= 0.6 is 27.3 Å². The predicted molar refractivity (Wildman–Crippen MR) is 89.3 cm³/mol. The van der Waals surface area contributed by atoms with Gasteiger partial charge in [0.05, 0.1) is 5.69 Å². The summed E-state index contributed by atoms with van der Waals surface area (Å²) in [4.78, 5) is 17.8. The van der Waals surface area contributed by atoms with Gasteiger partial charge in [-0.25, -0.2) is 4.98 Å². The Hall–Kier alpha value is -1.92. The van der Waals surface area contributed by atoms with Gasteiger partial charge >= 0.3 is 0 Å². The fraction of sp³-hybridized carbons (Fsp3) is 0.0667. The van der Waals surface area contributed by atoms with Crippen molar-refractivity contribution < 1.29 is 4.79 Å². The first-order valence-corrected chi connectivity index (χ1v) is 7.92. The summed E-state index contributed by atoms with van der Waals surface area (Å²) in [5, 5.41) is 3.72. The number of nitrogen functional groups attached to an aromatic ring is 1. The maximum atomic E-state index is 12.3. The van der Waals surface area contributed by atoms with E-state index in [1.165, 1.54) is 11.3 Å². The molecular weight excluding hydrogens is 350 g/mol. The van der Waals surface area contributed by atoms with Crippen molar-refractivity contribution in [1.82, 2.24) is 10.3 Å². The second-order valence-corrected chi connectivity index (χ2v) is 6.33. The summed E-state index contributed by atoms with van der Waals surface area (Å²) in [6.07, 6.45) is 1.70. The maximum absolute atomic E-state index is 12.3. The van der Waals surface area contributed by atoms with Gasteiger partial charge in [-0.3, -0.25) is 4.79 Å². The summed E-state index contributed by atoms with van der Waals surface area (Å²) in [5.41, 5.74) is 7.55. The van der Waals surface area contributed by atoms with E-state index in [9.17, 15) is 4.79 Å².